The van der Waals surface area contributed by atoms with Gasteiger partial charge in [-0.25, -0.2) is 0 Å². The predicted octanol–water partition coefficient (Wildman–Crippen LogP) is 4.49. The summed E-state index contributed by atoms with van der Waals surface area (Å²) < 4.78 is 5.14. The number of nitrogens with two attached hydrogens (primary N) is 1. The molecule has 0 aromatic heterocycles. The molecule has 1 amide bonds. The SMILES string of the molecule is COc1cccc(N)c1C(=O)Nc1cc(Cl)c(Cl)cc1Cl. The van der Waals surface area contributed by atoms with Crippen LogP contribution < -0.4 is 15.8 Å². The monoisotopic (exact) mass is 344 g/mol. The topological polar surface area (TPSA) is 64.3 Å². The van der Waals surface area contributed by atoms with E-state index in [1.54, 1.807) is 18.2 Å². The second-order valence-corrected chi connectivity index (χ2v) is 5.35. The molecule has 7 heteroatoms. The lowest BCUT2D eigenvalue weighted by Gasteiger charge is -2.13. The molecular weight excluding hydrogens is 335 g/mol. The third-order valence-corrected chi connectivity index (χ3v) is 3.80. The number of nitrogen functional groups attached to an aromatic ring is 1. The van der Waals surface area contributed by atoms with E-state index in [2.05, 4.69) is 5.32 Å². The van der Waals surface area contributed by atoms with Crippen LogP contribution in [0.2, 0.25) is 15.1 Å². The summed E-state index contributed by atoms with van der Waals surface area (Å²) in [5.41, 5.74) is 6.68. The fraction of sp³-hybridized carbons (Fsp3) is 0.0714. The Morgan fingerprint density at radius 1 is 1.14 bits per heavy atom. The first kappa shape index (κ1) is 15.8. The van der Waals surface area contributed by atoms with Gasteiger partial charge < -0.3 is 15.8 Å². The van der Waals surface area contributed by atoms with Crippen molar-refractivity contribution in [3.05, 3.63) is 51.0 Å². The van der Waals surface area contributed by atoms with Crippen LogP contribution in [0.5, 0.6) is 5.75 Å². The minimum Gasteiger partial charge on any atom is -0.496 e. The van der Waals surface area contributed by atoms with Crippen LogP contribution in [0.25, 0.3) is 0 Å². The van der Waals surface area contributed by atoms with Gasteiger partial charge in [-0.15, -0.1) is 0 Å². The predicted molar refractivity (Wildman–Crippen MR) is 86.8 cm³/mol. The van der Waals surface area contributed by atoms with Crippen molar-refractivity contribution in [1.82, 2.24) is 0 Å². The second-order valence-electron chi connectivity index (χ2n) is 4.12. The quantitative estimate of drug-likeness (QED) is 0.636. The van der Waals surface area contributed by atoms with Crippen LogP contribution in [0.3, 0.4) is 0 Å². The number of anilines is 2. The second kappa shape index (κ2) is 6.43. The summed E-state index contributed by atoms with van der Waals surface area (Å²) in [6, 6.07) is 7.86. The van der Waals surface area contributed by atoms with Crippen LogP contribution in [-0.2, 0) is 0 Å². The highest BCUT2D eigenvalue weighted by molar-refractivity contribution is 6.44. The Morgan fingerprint density at radius 2 is 1.81 bits per heavy atom. The average molecular weight is 346 g/mol. The Kier molecular flexibility index (Phi) is 4.83. The van der Waals surface area contributed by atoms with Crippen LogP contribution in [0.15, 0.2) is 30.3 Å². The Hall–Kier alpha value is -1.62. The summed E-state index contributed by atoms with van der Waals surface area (Å²) in [6.45, 7) is 0. The molecule has 0 saturated heterocycles. The molecule has 4 nitrogen and oxygen atoms in total. The van der Waals surface area contributed by atoms with Crippen molar-refractivity contribution in [3.8, 4) is 5.75 Å². The van der Waals surface area contributed by atoms with E-state index in [1.807, 2.05) is 0 Å². The van der Waals surface area contributed by atoms with Gasteiger partial charge >= 0.3 is 0 Å². The highest BCUT2D eigenvalue weighted by atomic mass is 35.5. The van der Waals surface area contributed by atoms with E-state index in [0.29, 0.717) is 22.1 Å². The number of halogens is 3. The number of amides is 1. The summed E-state index contributed by atoms with van der Waals surface area (Å²) in [4.78, 5) is 12.4. The smallest absolute Gasteiger partial charge is 0.261 e. The fourth-order valence-corrected chi connectivity index (χ4v) is 2.36. The van der Waals surface area contributed by atoms with Crippen LogP contribution >= 0.6 is 34.8 Å². The molecule has 0 atom stereocenters. The van der Waals surface area contributed by atoms with Gasteiger partial charge in [0.05, 0.1) is 27.9 Å². The minimum absolute atomic E-state index is 0.224. The summed E-state index contributed by atoms with van der Waals surface area (Å²) >= 11 is 17.8. The standard InChI is InChI=1S/C14H11Cl3N2O2/c1-21-12-4-2-3-10(18)13(12)14(20)19-11-6-8(16)7(15)5-9(11)17/h2-6H,18H2,1H3,(H,19,20). The molecule has 0 bridgehead atoms. The van der Waals surface area contributed by atoms with Crippen molar-refractivity contribution in [3.63, 3.8) is 0 Å². The maximum absolute atomic E-state index is 12.4. The Balaban J connectivity index is 2.37. The maximum Gasteiger partial charge on any atom is 0.261 e. The number of benzene rings is 2. The molecule has 0 aliphatic carbocycles. The molecule has 0 aliphatic heterocycles. The van der Waals surface area contributed by atoms with Crippen molar-refractivity contribution in [1.29, 1.82) is 0 Å². The molecule has 0 aliphatic rings. The number of hydrogen-bond donors (Lipinski definition) is 2. The molecule has 3 N–H and O–H groups in total. The Bertz CT molecular complexity index is 705. The van der Waals surface area contributed by atoms with Crippen molar-refractivity contribution in [2.45, 2.75) is 0 Å². The lowest BCUT2D eigenvalue weighted by Crippen LogP contribution is -2.15. The molecular formula is C14H11Cl3N2O2. The van der Waals surface area contributed by atoms with E-state index in [-0.39, 0.29) is 15.6 Å². The number of rotatable bonds is 3. The van der Waals surface area contributed by atoms with Crippen molar-refractivity contribution in [2.75, 3.05) is 18.2 Å². The average Bonchev–Trinajstić information content (AvgIpc) is 2.44. The molecule has 2 aromatic carbocycles. The Labute approximate surface area is 136 Å². The van der Waals surface area contributed by atoms with Gasteiger partial charge in [0.2, 0.25) is 0 Å². The summed E-state index contributed by atoms with van der Waals surface area (Å²) in [7, 11) is 1.46. The number of carbonyl (C=O) groups is 1. The molecule has 110 valence electrons. The molecule has 0 unspecified atom stereocenters. The normalized spacial score (nSPS) is 10.3. The maximum atomic E-state index is 12.4. The molecule has 0 heterocycles. The van der Waals surface area contributed by atoms with Crippen LogP contribution in [-0.4, -0.2) is 13.0 Å². The zero-order valence-electron chi connectivity index (χ0n) is 10.9. The first-order valence-electron chi connectivity index (χ1n) is 5.82. The van der Waals surface area contributed by atoms with Crippen molar-refractivity contribution in [2.24, 2.45) is 0 Å². The first-order chi connectivity index (χ1) is 9.93. The molecule has 0 fully saturated rings. The van der Waals surface area contributed by atoms with Crippen molar-refractivity contribution < 1.29 is 9.53 Å². The lowest BCUT2D eigenvalue weighted by atomic mass is 10.1. The van der Waals surface area contributed by atoms with Gasteiger partial charge in [0.15, 0.2) is 0 Å². The van der Waals surface area contributed by atoms with E-state index in [0.717, 1.165) is 0 Å². The third-order valence-electron chi connectivity index (χ3n) is 2.76. The van der Waals surface area contributed by atoms with Gasteiger partial charge in [-0.05, 0) is 24.3 Å². The number of carbonyl (C=O) groups excluding carboxylic acids is 1. The van der Waals surface area contributed by atoms with Crippen LogP contribution in [0, 0.1) is 0 Å². The van der Waals surface area contributed by atoms with E-state index in [4.69, 9.17) is 45.3 Å². The van der Waals surface area contributed by atoms with Gasteiger partial charge in [0, 0.05) is 5.69 Å². The summed E-state index contributed by atoms with van der Waals surface area (Å²) in [5.74, 6) is -0.0890. The Morgan fingerprint density at radius 3 is 2.48 bits per heavy atom. The van der Waals surface area contributed by atoms with Gasteiger partial charge in [-0.3, -0.25) is 4.79 Å². The number of ether oxygens (including phenoxy) is 1. The van der Waals surface area contributed by atoms with Crippen LogP contribution in [0.4, 0.5) is 11.4 Å². The molecule has 0 radical (unpaired) electrons. The molecule has 0 spiro atoms. The van der Waals surface area contributed by atoms with Crippen molar-refractivity contribution >= 4 is 52.1 Å². The fourth-order valence-electron chi connectivity index (χ4n) is 1.76. The van der Waals surface area contributed by atoms with Gasteiger partial charge in [-0.1, -0.05) is 40.9 Å². The largest absolute Gasteiger partial charge is 0.496 e. The number of methoxy groups -OCH3 is 1. The van der Waals surface area contributed by atoms with E-state index >= 15 is 0 Å². The highest BCUT2D eigenvalue weighted by Gasteiger charge is 2.17. The van der Waals surface area contributed by atoms with E-state index in [9.17, 15) is 4.79 Å². The van der Waals surface area contributed by atoms with Gasteiger partial charge in [0.25, 0.3) is 5.91 Å². The zero-order chi connectivity index (χ0) is 15.6. The third kappa shape index (κ3) is 3.35. The molecule has 2 aromatic rings. The number of hydrogen-bond acceptors (Lipinski definition) is 3. The number of nitrogens with one attached hydrogen (secondary N) is 1. The van der Waals surface area contributed by atoms with E-state index in [1.165, 1.54) is 19.2 Å². The lowest BCUT2D eigenvalue weighted by molar-refractivity contribution is 0.102. The molecule has 0 saturated carbocycles. The summed E-state index contributed by atoms with van der Waals surface area (Å²) in [5, 5.41) is 3.49. The molecule has 2 rings (SSSR count). The van der Waals surface area contributed by atoms with Crippen LogP contribution in [0.1, 0.15) is 10.4 Å². The highest BCUT2D eigenvalue weighted by Crippen LogP contribution is 2.33. The summed E-state index contributed by atoms with van der Waals surface area (Å²) in [6.07, 6.45) is 0. The molecule has 21 heavy (non-hydrogen) atoms. The first-order valence-corrected chi connectivity index (χ1v) is 6.95. The van der Waals surface area contributed by atoms with Gasteiger partial charge in [0.1, 0.15) is 11.3 Å². The minimum atomic E-state index is -0.453. The van der Waals surface area contributed by atoms with E-state index < -0.39 is 5.91 Å². The zero-order valence-corrected chi connectivity index (χ0v) is 13.2. The van der Waals surface area contributed by atoms with Gasteiger partial charge in [-0.2, -0.15) is 0 Å².